The van der Waals surface area contributed by atoms with Gasteiger partial charge >= 0.3 is 0 Å². The number of rotatable bonds is 6. The highest BCUT2D eigenvalue weighted by Crippen LogP contribution is 2.51. The third-order valence-electron chi connectivity index (χ3n) is 7.88. The van der Waals surface area contributed by atoms with E-state index in [1.165, 1.54) is 5.56 Å². The predicted octanol–water partition coefficient (Wildman–Crippen LogP) is 4.56. The van der Waals surface area contributed by atoms with Crippen LogP contribution in [0.1, 0.15) is 29.5 Å². The molecular formula is C30H32N2O5. The van der Waals surface area contributed by atoms with Crippen molar-refractivity contribution in [2.75, 3.05) is 45.5 Å². The maximum Gasteiger partial charge on any atom is 0.231 e. The standard InChI is InChI=1S/C30H32N2O5/c1-31-12-10-30(11-13-31)19-32(29(33)15-22-8-9-25-27(14-22)37-20-36-25)24-17-28(26(34-2)16-23(24)30)35-18-21-6-4-3-5-7-21/h3-9,14,16-17H,10-13,15,18-20H2,1-2H3. The number of hydrogen-bond acceptors (Lipinski definition) is 6. The summed E-state index contributed by atoms with van der Waals surface area (Å²) < 4.78 is 23.0. The molecule has 0 atom stereocenters. The van der Waals surface area contributed by atoms with E-state index in [4.69, 9.17) is 18.9 Å². The van der Waals surface area contributed by atoms with Crippen molar-refractivity contribution in [3.63, 3.8) is 0 Å². The molecule has 1 spiro atoms. The smallest absolute Gasteiger partial charge is 0.231 e. The maximum absolute atomic E-state index is 13.8. The summed E-state index contributed by atoms with van der Waals surface area (Å²) in [5.74, 6) is 2.84. The molecule has 3 aromatic carbocycles. The number of fused-ring (bicyclic) bond motifs is 3. The van der Waals surface area contributed by atoms with Crippen LogP contribution in [0.25, 0.3) is 0 Å². The molecule has 37 heavy (non-hydrogen) atoms. The zero-order chi connectivity index (χ0) is 25.4. The van der Waals surface area contributed by atoms with Crippen LogP contribution in [-0.2, 0) is 23.2 Å². The van der Waals surface area contributed by atoms with Gasteiger partial charge in [-0.05, 0) is 67.9 Å². The lowest BCUT2D eigenvalue weighted by molar-refractivity contribution is -0.118. The zero-order valence-electron chi connectivity index (χ0n) is 21.4. The van der Waals surface area contributed by atoms with Crippen LogP contribution >= 0.6 is 0 Å². The second kappa shape index (κ2) is 9.63. The largest absolute Gasteiger partial charge is 0.493 e. The molecule has 0 bridgehead atoms. The van der Waals surface area contributed by atoms with Crippen LogP contribution in [0.2, 0.25) is 0 Å². The molecule has 6 rings (SSSR count). The summed E-state index contributed by atoms with van der Waals surface area (Å²) in [5.41, 5.74) is 4.02. The first-order valence-electron chi connectivity index (χ1n) is 12.8. The molecule has 3 heterocycles. The van der Waals surface area contributed by atoms with Crippen LogP contribution < -0.4 is 23.8 Å². The molecule has 0 radical (unpaired) electrons. The molecular weight excluding hydrogens is 468 g/mol. The van der Waals surface area contributed by atoms with Crippen LogP contribution in [-0.4, -0.2) is 51.4 Å². The Morgan fingerprint density at radius 3 is 2.51 bits per heavy atom. The number of methoxy groups -OCH3 is 1. The van der Waals surface area contributed by atoms with E-state index in [2.05, 4.69) is 18.0 Å². The van der Waals surface area contributed by atoms with Crippen LogP contribution in [0.4, 0.5) is 5.69 Å². The van der Waals surface area contributed by atoms with E-state index >= 15 is 0 Å². The topological polar surface area (TPSA) is 60.5 Å². The van der Waals surface area contributed by atoms with Gasteiger partial charge in [0, 0.05) is 18.0 Å². The Kier molecular flexibility index (Phi) is 6.16. The van der Waals surface area contributed by atoms with Crippen LogP contribution in [0, 0.1) is 0 Å². The molecule has 7 nitrogen and oxygen atoms in total. The summed E-state index contributed by atoms with van der Waals surface area (Å²) in [6, 6.07) is 19.9. The molecule has 0 N–H and O–H groups in total. The van der Waals surface area contributed by atoms with Gasteiger partial charge in [-0.2, -0.15) is 0 Å². The van der Waals surface area contributed by atoms with Gasteiger partial charge < -0.3 is 28.7 Å². The highest BCUT2D eigenvalue weighted by Gasteiger charge is 2.46. The molecule has 192 valence electrons. The molecule has 1 saturated heterocycles. The number of carbonyl (C=O) groups excluding carboxylic acids is 1. The van der Waals surface area contributed by atoms with Crippen molar-refractivity contribution >= 4 is 11.6 Å². The summed E-state index contributed by atoms with van der Waals surface area (Å²) in [7, 11) is 3.84. The van der Waals surface area contributed by atoms with Gasteiger partial charge in [0.05, 0.1) is 19.2 Å². The highest BCUT2D eigenvalue weighted by atomic mass is 16.7. The molecule has 3 aliphatic heterocycles. The predicted molar refractivity (Wildman–Crippen MR) is 141 cm³/mol. The monoisotopic (exact) mass is 500 g/mol. The number of nitrogens with zero attached hydrogens (tertiary/aromatic N) is 2. The highest BCUT2D eigenvalue weighted by molar-refractivity contribution is 5.98. The fourth-order valence-corrected chi connectivity index (χ4v) is 5.70. The van der Waals surface area contributed by atoms with Crippen molar-refractivity contribution in [3.05, 3.63) is 77.4 Å². The Hall–Kier alpha value is -3.71. The van der Waals surface area contributed by atoms with Gasteiger partial charge in [0.15, 0.2) is 23.0 Å². The molecule has 0 aliphatic carbocycles. The minimum atomic E-state index is -0.0857. The molecule has 3 aliphatic rings. The van der Waals surface area contributed by atoms with Crippen LogP contribution in [0.5, 0.6) is 23.0 Å². The molecule has 7 heteroatoms. The van der Waals surface area contributed by atoms with Gasteiger partial charge in [0.1, 0.15) is 6.61 Å². The third kappa shape index (κ3) is 4.48. The van der Waals surface area contributed by atoms with E-state index in [9.17, 15) is 4.79 Å². The van der Waals surface area contributed by atoms with Crippen LogP contribution in [0.15, 0.2) is 60.7 Å². The first-order chi connectivity index (χ1) is 18.0. The van der Waals surface area contributed by atoms with E-state index in [-0.39, 0.29) is 24.5 Å². The average molecular weight is 501 g/mol. The molecule has 0 saturated carbocycles. The Bertz CT molecular complexity index is 1300. The van der Waals surface area contributed by atoms with Crippen molar-refractivity contribution < 1.29 is 23.7 Å². The fourth-order valence-electron chi connectivity index (χ4n) is 5.70. The molecule has 1 amide bonds. The van der Waals surface area contributed by atoms with E-state index in [1.54, 1.807) is 7.11 Å². The minimum Gasteiger partial charge on any atom is -0.493 e. The molecule has 0 aromatic heterocycles. The van der Waals surface area contributed by atoms with E-state index in [0.29, 0.717) is 30.4 Å². The summed E-state index contributed by atoms with van der Waals surface area (Å²) in [6.07, 6.45) is 2.29. The lowest BCUT2D eigenvalue weighted by atomic mass is 9.74. The van der Waals surface area contributed by atoms with Gasteiger partial charge in [-0.15, -0.1) is 0 Å². The molecule has 1 fully saturated rings. The van der Waals surface area contributed by atoms with Gasteiger partial charge in [-0.1, -0.05) is 36.4 Å². The van der Waals surface area contributed by atoms with Crippen molar-refractivity contribution in [2.45, 2.75) is 31.3 Å². The SMILES string of the molecule is COc1cc2c(cc1OCc1ccccc1)N(C(=O)Cc1ccc3c(c1)OCO3)CC21CCN(C)CC1. The number of benzene rings is 3. The van der Waals surface area contributed by atoms with Crippen molar-refractivity contribution in [1.82, 2.24) is 4.90 Å². The third-order valence-corrected chi connectivity index (χ3v) is 7.88. The van der Waals surface area contributed by atoms with Crippen LogP contribution in [0.3, 0.4) is 0 Å². The zero-order valence-corrected chi connectivity index (χ0v) is 21.4. The Labute approximate surface area is 217 Å². The first-order valence-corrected chi connectivity index (χ1v) is 12.8. The Balaban J connectivity index is 1.32. The quantitative estimate of drug-likeness (QED) is 0.495. The number of ether oxygens (including phenoxy) is 4. The van der Waals surface area contributed by atoms with E-state index in [0.717, 1.165) is 48.5 Å². The Morgan fingerprint density at radius 2 is 1.73 bits per heavy atom. The first kappa shape index (κ1) is 23.7. The summed E-state index contributed by atoms with van der Waals surface area (Å²) in [5, 5.41) is 0. The number of anilines is 1. The average Bonchev–Trinajstić information content (AvgIpc) is 3.51. The van der Waals surface area contributed by atoms with Gasteiger partial charge in [0.25, 0.3) is 0 Å². The maximum atomic E-state index is 13.8. The minimum absolute atomic E-state index is 0.0649. The summed E-state index contributed by atoms with van der Waals surface area (Å²) in [6.45, 7) is 3.31. The lowest BCUT2D eigenvalue weighted by Gasteiger charge is -2.38. The number of carbonyl (C=O) groups is 1. The van der Waals surface area contributed by atoms with Gasteiger partial charge in [-0.25, -0.2) is 0 Å². The van der Waals surface area contributed by atoms with Gasteiger partial charge in [0.2, 0.25) is 12.7 Å². The lowest BCUT2D eigenvalue weighted by Crippen LogP contribution is -2.45. The summed E-state index contributed by atoms with van der Waals surface area (Å²) in [4.78, 5) is 18.1. The second-order valence-corrected chi connectivity index (χ2v) is 10.2. The number of piperidine rings is 1. The normalized spacial score (nSPS) is 17.6. The van der Waals surface area contributed by atoms with E-state index < -0.39 is 0 Å². The Morgan fingerprint density at radius 1 is 0.946 bits per heavy atom. The summed E-state index contributed by atoms with van der Waals surface area (Å²) >= 11 is 0. The second-order valence-electron chi connectivity index (χ2n) is 10.2. The molecule has 3 aromatic rings. The van der Waals surface area contributed by atoms with Gasteiger partial charge in [-0.3, -0.25) is 4.79 Å². The molecule has 0 unspecified atom stereocenters. The van der Waals surface area contributed by atoms with Crippen molar-refractivity contribution in [3.8, 4) is 23.0 Å². The number of hydrogen-bond donors (Lipinski definition) is 0. The van der Waals surface area contributed by atoms with Crippen molar-refractivity contribution in [1.29, 1.82) is 0 Å². The number of amides is 1. The van der Waals surface area contributed by atoms with E-state index in [1.807, 2.05) is 59.5 Å². The fraction of sp³-hybridized carbons (Fsp3) is 0.367. The number of likely N-dealkylation sites (tertiary alicyclic amines) is 1. The van der Waals surface area contributed by atoms with Crippen molar-refractivity contribution in [2.24, 2.45) is 0 Å².